The molecule has 0 atom stereocenters. The van der Waals surface area contributed by atoms with Crippen LogP contribution >= 0.6 is 15.9 Å². The Kier molecular flexibility index (Phi) is 4.76. The van der Waals surface area contributed by atoms with Crippen LogP contribution < -0.4 is 0 Å². The van der Waals surface area contributed by atoms with Gasteiger partial charge in [0.15, 0.2) is 5.78 Å². The minimum Gasteiger partial charge on any atom is -0.294 e. The smallest absolute Gasteiger partial charge is 0.163 e. The zero-order valence-corrected chi connectivity index (χ0v) is 13.7. The maximum atomic E-state index is 11.9. The van der Waals surface area contributed by atoms with E-state index in [1.165, 1.54) is 5.56 Å². The molecule has 0 amide bonds. The van der Waals surface area contributed by atoms with Crippen molar-refractivity contribution in [1.82, 2.24) is 9.78 Å². The molecule has 0 radical (unpaired) electrons. The number of hydrogen-bond acceptors (Lipinski definition) is 2. The minimum absolute atomic E-state index is 0.0944. The van der Waals surface area contributed by atoms with Crippen molar-refractivity contribution < 1.29 is 4.79 Å². The SMILES string of the molecule is CCCn1nc(C)c(C(C)=O)c1Cc1ccc(Br)cc1. The van der Waals surface area contributed by atoms with Crippen molar-refractivity contribution in [1.29, 1.82) is 0 Å². The molecule has 1 aromatic carbocycles. The van der Waals surface area contributed by atoms with E-state index in [1.807, 2.05) is 23.7 Å². The van der Waals surface area contributed by atoms with E-state index in [1.54, 1.807) is 6.92 Å². The van der Waals surface area contributed by atoms with Gasteiger partial charge in [-0.3, -0.25) is 9.48 Å². The Morgan fingerprint density at radius 2 is 1.95 bits per heavy atom. The quantitative estimate of drug-likeness (QED) is 0.769. The summed E-state index contributed by atoms with van der Waals surface area (Å²) in [4.78, 5) is 11.9. The highest BCUT2D eigenvalue weighted by molar-refractivity contribution is 9.10. The third-order valence-electron chi connectivity index (χ3n) is 3.30. The molecule has 0 spiro atoms. The Labute approximate surface area is 128 Å². The van der Waals surface area contributed by atoms with E-state index in [2.05, 4.69) is 40.1 Å². The summed E-state index contributed by atoms with van der Waals surface area (Å²) in [5.74, 6) is 0.0944. The van der Waals surface area contributed by atoms with E-state index in [-0.39, 0.29) is 5.78 Å². The number of aromatic nitrogens is 2. The van der Waals surface area contributed by atoms with Gasteiger partial charge < -0.3 is 0 Å². The lowest BCUT2D eigenvalue weighted by Crippen LogP contribution is -2.08. The van der Waals surface area contributed by atoms with E-state index >= 15 is 0 Å². The van der Waals surface area contributed by atoms with E-state index in [9.17, 15) is 4.79 Å². The van der Waals surface area contributed by atoms with Crippen molar-refractivity contribution in [3.05, 3.63) is 51.3 Å². The molecule has 2 aromatic rings. The summed E-state index contributed by atoms with van der Waals surface area (Å²) >= 11 is 3.44. The predicted molar refractivity (Wildman–Crippen MR) is 84.2 cm³/mol. The van der Waals surface area contributed by atoms with Gasteiger partial charge in [0.05, 0.1) is 17.0 Å². The first-order chi connectivity index (χ1) is 9.52. The van der Waals surface area contributed by atoms with Crippen molar-refractivity contribution in [3.63, 3.8) is 0 Å². The number of nitrogens with zero attached hydrogens (tertiary/aromatic N) is 2. The Bertz CT molecular complexity index is 614. The fraction of sp³-hybridized carbons (Fsp3) is 0.375. The normalized spacial score (nSPS) is 10.8. The van der Waals surface area contributed by atoms with Crippen LogP contribution in [0.3, 0.4) is 0 Å². The molecule has 106 valence electrons. The van der Waals surface area contributed by atoms with Crippen molar-refractivity contribution in [2.24, 2.45) is 0 Å². The summed E-state index contributed by atoms with van der Waals surface area (Å²) < 4.78 is 3.04. The molecule has 1 aromatic heterocycles. The lowest BCUT2D eigenvalue weighted by atomic mass is 10.0. The first-order valence-corrected chi connectivity index (χ1v) is 7.64. The Hall–Kier alpha value is -1.42. The number of benzene rings is 1. The molecule has 0 fully saturated rings. The third kappa shape index (κ3) is 3.18. The van der Waals surface area contributed by atoms with E-state index < -0.39 is 0 Å². The number of carbonyl (C=O) groups is 1. The molecule has 0 saturated heterocycles. The third-order valence-corrected chi connectivity index (χ3v) is 3.83. The second kappa shape index (κ2) is 6.35. The minimum atomic E-state index is 0.0944. The van der Waals surface area contributed by atoms with E-state index in [4.69, 9.17) is 0 Å². The Balaban J connectivity index is 2.42. The van der Waals surface area contributed by atoms with Crippen LogP contribution in [0, 0.1) is 6.92 Å². The largest absolute Gasteiger partial charge is 0.294 e. The van der Waals surface area contributed by atoms with Gasteiger partial charge >= 0.3 is 0 Å². The lowest BCUT2D eigenvalue weighted by Gasteiger charge is -2.08. The number of hydrogen-bond donors (Lipinski definition) is 0. The highest BCUT2D eigenvalue weighted by Gasteiger charge is 2.18. The molecule has 2 rings (SSSR count). The van der Waals surface area contributed by atoms with Gasteiger partial charge in [-0.05, 0) is 38.0 Å². The summed E-state index contributed by atoms with van der Waals surface area (Å²) in [6.07, 6.45) is 1.74. The maximum absolute atomic E-state index is 11.9. The van der Waals surface area contributed by atoms with E-state index in [0.29, 0.717) is 0 Å². The van der Waals surface area contributed by atoms with Gasteiger partial charge in [-0.2, -0.15) is 5.10 Å². The average Bonchev–Trinajstić information content (AvgIpc) is 2.69. The average molecular weight is 335 g/mol. The highest BCUT2D eigenvalue weighted by atomic mass is 79.9. The molecule has 1 heterocycles. The second-order valence-electron chi connectivity index (χ2n) is 4.99. The molecular formula is C16H19BrN2O. The van der Waals surface area contributed by atoms with Crippen LogP contribution in [0.4, 0.5) is 0 Å². The fourth-order valence-electron chi connectivity index (χ4n) is 2.46. The molecule has 0 aliphatic rings. The maximum Gasteiger partial charge on any atom is 0.163 e. The van der Waals surface area contributed by atoms with Gasteiger partial charge in [-0.25, -0.2) is 0 Å². The van der Waals surface area contributed by atoms with Crippen LogP contribution in [0.1, 0.15) is 47.6 Å². The molecule has 4 heteroatoms. The number of ketones is 1. The van der Waals surface area contributed by atoms with E-state index in [0.717, 1.165) is 40.8 Å². The van der Waals surface area contributed by atoms with Gasteiger partial charge in [-0.15, -0.1) is 0 Å². The number of aryl methyl sites for hydroxylation is 2. The van der Waals surface area contributed by atoms with Crippen LogP contribution in [-0.2, 0) is 13.0 Å². The number of rotatable bonds is 5. The van der Waals surface area contributed by atoms with Gasteiger partial charge in [0.2, 0.25) is 0 Å². The first-order valence-electron chi connectivity index (χ1n) is 6.84. The summed E-state index contributed by atoms with van der Waals surface area (Å²) in [5, 5.41) is 4.52. The van der Waals surface area contributed by atoms with Crippen LogP contribution in [0.15, 0.2) is 28.7 Å². The van der Waals surface area contributed by atoms with Crippen LogP contribution in [0.25, 0.3) is 0 Å². The van der Waals surface area contributed by atoms with Crippen molar-refractivity contribution in [2.45, 2.75) is 40.2 Å². The molecule has 0 aliphatic carbocycles. The molecule has 20 heavy (non-hydrogen) atoms. The molecule has 0 unspecified atom stereocenters. The van der Waals surface area contributed by atoms with Crippen LogP contribution in [0.2, 0.25) is 0 Å². The number of Topliss-reactive ketones (excluding diaryl/α,β-unsaturated/α-hetero) is 1. The zero-order valence-electron chi connectivity index (χ0n) is 12.1. The van der Waals surface area contributed by atoms with Crippen molar-refractivity contribution in [3.8, 4) is 0 Å². The summed E-state index contributed by atoms with van der Waals surface area (Å²) in [6, 6.07) is 8.20. The Morgan fingerprint density at radius 3 is 2.50 bits per heavy atom. The van der Waals surface area contributed by atoms with Gasteiger partial charge in [0, 0.05) is 17.4 Å². The topological polar surface area (TPSA) is 34.9 Å². The van der Waals surface area contributed by atoms with Crippen molar-refractivity contribution in [2.75, 3.05) is 0 Å². The van der Waals surface area contributed by atoms with Crippen molar-refractivity contribution >= 4 is 21.7 Å². The number of halogens is 1. The van der Waals surface area contributed by atoms with Crippen LogP contribution in [0.5, 0.6) is 0 Å². The molecule has 0 saturated carbocycles. The van der Waals surface area contributed by atoms with Gasteiger partial charge in [0.1, 0.15) is 0 Å². The summed E-state index contributed by atoms with van der Waals surface area (Å²) in [5.41, 5.74) is 3.83. The number of carbonyl (C=O) groups excluding carboxylic acids is 1. The zero-order chi connectivity index (χ0) is 14.7. The summed E-state index contributed by atoms with van der Waals surface area (Å²) in [6.45, 7) is 6.49. The van der Waals surface area contributed by atoms with Gasteiger partial charge in [0.25, 0.3) is 0 Å². The molecule has 0 N–H and O–H groups in total. The summed E-state index contributed by atoms with van der Waals surface area (Å²) in [7, 11) is 0. The Morgan fingerprint density at radius 1 is 1.30 bits per heavy atom. The fourth-order valence-corrected chi connectivity index (χ4v) is 2.72. The monoisotopic (exact) mass is 334 g/mol. The second-order valence-corrected chi connectivity index (χ2v) is 5.91. The molecule has 3 nitrogen and oxygen atoms in total. The lowest BCUT2D eigenvalue weighted by molar-refractivity contribution is 0.101. The molecular weight excluding hydrogens is 316 g/mol. The predicted octanol–water partition coefficient (Wildman–Crippen LogP) is 4.16. The first kappa shape index (κ1) is 15.0. The standard InChI is InChI=1S/C16H19BrN2O/c1-4-9-19-15(16(12(3)20)11(2)18-19)10-13-5-7-14(17)8-6-13/h5-8H,4,9-10H2,1-3H3. The highest BCUT2D eigenvalue weighted by Crippen LogP contribution is 2.20. The van der Waals surface area contributed by atoms with Crippen LogP contribution in [-0.4, -0.2) is 15.6 Å². The molecule has 0 bridgehead atoms. The molecule has 0 aliphatic heterocycles. The van der Waals surface area contributed by atoms with Gasteiger partial charge in [-0.1, -0.05) is 35.0 Å².